The zero-order valence-corrected chi connectivity index (χ0v) is 10.7. The number of halogens is 1. The Hall–Kier alpha value is -0.0131. The van der Waals surface area contributed by atoms with Crippen LogP contribution in [-0.4, -0.2) is 7.38 Å². The van der Waals surface area contributed by atoms with Gasteiger partial charge in [-0.1, -0.05) is 44.3 Å². The fourth-order valence-corrected chi connectivity index (χ4v) is 7.06. The second-order valence-corrected chi connectivity index (χ2v) is 10.3. The molecule has 0 aromatic heterocycles. The molecule has 80 valence electrons. The van der Waals surface area contributed by atoms with Crippen LogP contribution < -0.4 is 0 Å². The highest BCUT2D eigenvalue weighted by Gasteiger charge is 2.37. The molecule has 0 unspecified atom stereocenters. The minimum atomic E-state index is -1.61. The van der Waals surface area contributed by atoms with Gasteiger partial charge < -0.3 is 0 Å². The number of rotatable bonds is 5. The van der Waals surface area contributed by atoms with Crippen LogP contribution in [0.1, 0.15) is 32.1 Å². The Balaban J connectivity index is 2.62. The predicted molar refractivity (Wildman–Crippen MR) is 68.5 cm³/mol. The molecule has 1 aliphatic rings. The maximum Gasteiger partial charge on any atom is 0.166 e. The molecule has 0 aromatic carbocycles. The highest BCUT2D eigenvalue weighted by molar-refractivity contribution is 7.21. The maximum atomic E-state index is 6.81. The van der Waals surface area contributed by atoms with Gasteiger partial charge >= 0.3 is 0 Å². The summed E-state index contributed by atoms with van der Waals surface area (Å²) >= 11 is 6.81. The van der Waals surface area contributed by atoms with E-state index in [4.69, 9.17) is 11.1 Å². The van der Waals surface area contributed by atoms with Crippen LogP contribution in [0.15, 0.2) is 25.3 Å². The molecule has 0 radical (unpaired) electrons. The zero-order valence-electron chi connectivity index (χ0n) is 8.97. The van der Waals surface area contributed by atoms with Gasteiger partial charge in [-0.15, -0.1) is 13.2 Å². The molecule has 0 saturated heterocycles. The maximum absolute atomic E-state index is 6.81. The van der Waals surface area contributed by atoms with E-state index in [2.05, 4.69) is 13.2 Å². The van der Waals surface area contributed by atoms with Gasteiger partial charge in [0.25, 0.3) is 0 Å². The van der Waals surface area contributed by atoms with E-state index >= 15 is 0 Å². The first kappa shape index (κ1) is 12.1. The molecule has 2 heteroatoms. The van der Waals surface area contributed by atoms with Crippen LogP contribution in [0.25, 0.3) is 0 Å². The summed E-state index contributed by atoms with van der Waals surface area (Å²) in [6.07, 6.45) is 10.9. The summed E-state index contributed by atoms with van der Waals surface area (Å²) in [6, 6.07) is 2.09. The summed E-state index contributed by atoms with van der Waals surface area (Å²) < 4.78 is 0. The van der Waals surface area contributed by atoms with Crippen molar-refractivity contribution < 1.29 is 0 Å². The summed E-state index contributed by atoms with van der Waals surface area (Å²) in [7, 11) is -1.61. The Morgan fingerprint density at radius 2 is 1.57 bits per heavy atom. The molecule has 1 fully saturated rings. The first-order chi connectivity index (χ1) is 6.73. The lowest BCUT2D eigenvalue weighted by Crippen LogP contribution is -2.33. The third-order valence-corrected chi connectivity index (χ3v) is 9.13. The molecule has 0 spiro atoms. The molecule has 0 amide bonds. The molecular weight excluding hydrogens is 208 g/mol. The van der Waals surface area contributed by atoms with Crippen LogP contribution in [0, 0.1) is 0 Å². The third kappa shape index (κ3) is 2.99. The van der Waals surface area contributed by atoms with E-state index in [0.717, 1.165) is 17.6 Å². The molecule has 0 heterocycles. The Morgan fingerprint density at radius 1 is 1.07 bits per heavy atom. The van der Waals surface area contributed by atoms with E-state index in [0.29, 0.717) is 0 Å². The lowest BCUT2D eigenvalue weighted by atomic mass is 10.0. The molecule has 0 atom stereocenters. The molecule has 0 nitrogen and oxygen atoms in total. The largest absolute Gasteiger partial charge is 0.166 e. The van der Waals surface area contributed by atoms with Gasteiger partial charge in [-0.25, -0.2) is 0 Å². The minimum Gasteiger partial charge on any atom is -0.166 e. The van der Waals surface area contributed by atoms with Crippen molar-refractivity contribution in [3.05, 3.63) is 25.3 Å². The Bertz CT molecular complexity index is 184. The summed E-state index contributed by atoms with van der Waals surface area (Å²) in [5.74, 6) is 0. The quantitative estimate of drug-likeness (QED) is 0.358. The van der Waals surface area contributed by atoms with E-state index in [-0.39, 0.29) is 0 Å². The predicted octanol–water partition coefficient (Wildman–Crippen LogP) is 4.88. The van der Waals surface area contributed by atoms with Crippen LogP contribution in [0.2, 0.25) is 17.6 Å². The van der Waals surface area contributed by atoms with E-state index in [9.17, 15) is 0 Å². The zero-order chi connectivity index (χ0) is 10.4. The topological polar surface area (TPSA) is 0 Å². The van der Waals surface area contributed by atoms with E-state index in [1.54, 1.807) is 0 Å². The molecule has 1 aliphatic carbocycles. The Labute approximate surface area is 93.8 Å². The van der Waals surface area contributed by atoms with Crippen molar-refractivity contribution in [1.29, 1.82) is 0 Å². The van der Waals surface area contributed by atoms with Crippen LogP contribution in [-0.2, 0) is 0 Å². The van der Waals surface area contributed by atoms with E-state index < -0.39 is 7.38 Å². The number of allylic oxidation sites excluding steroid dienone is 2. The van der Waals surface area contributed by atoms with Crippen molar-refractivity contribution in [3.63, 3.8) is 0 Å². The van der Waals surface area contributed by atoms with Crippen LogP contribution in [0.4, 0.5) is 0 Å². The van der Waals surface area contributed by atoms with Crippen molar-refractivity contribution in [2.24, 2.45) is 0 Å². The minimum absolute atomic E-state index is 0.800. The molecule has 1 rings (SSSR count). The van der Waals surface area contributed by atoms with Crippen molar-refractivity contribution >= 4 is 18.5 Å². The number of hydrogen-bond acceptors (Lipinski definition) is 0. The van der Waals surface area contributed by atoms with Gasteiger partial charge in [0.2, 0.25) is 0 Å². The molecule has 0 bridgehead atoms. The van der Waals surface area contributed by atoms with E-state index in [1.165, 1.54) is 32.1 Å². The smallest absolute Gasteiger partial charge is 0.166 e. The standard InChI is InChI=1S/C12H21ClSi/c1-3-10-14(13,11-4-2)12-8-6-5-7-9-12/h3-4,12H,1-2,5-11H2. The molecular formula is C12H21ClSi. The highest BCUT2D eigenvalue weighted by Crippen LogP contribution is 2.43. The molecule has 14 heavy (non-hydrogen) atoms. The van der Waals surface area contributed by atoms with Gasteiger partial charge in [0.1, 0.15) is 0 Å². The average Bonchev–Trinajstić information content (AvgIpc) is 2.20. The van der Waals surface area contributed by atoms with Crippen LogP contribution >= 0.6 is 11.1 Å². The van der Waals surface area contributed by atoms with Crippen molar-refractivity contribution in [3.8, 4) is 0 Å². The van der Waals surface area contributed by atoms with Gasteiger partial charge in [0, 0.05) is 0 Å². The van der Waals surface area contributed by atoms with Crippen LogP contribution in [0.3, 0.4) is 0 Å². The Kier molecular flexibility index (Phi) is 4.97. The van der Waals surface area contributed by atoms with Gasteiger partial charge in [-0.05, 0) is 17.6 Å². The number of hydrogen-bond donors (Lipinski definition) is 0. The summed E-state index contributed by atoms with van der Waals surface area (Å²) in [6.45, 7) is 7.68. The van der Waals surface area contributed by atoms with Crippen molar-refractivity contribution in [2.45, 2.75) is 49.7 Å². The van der Waals surface area contributed by atoms with Gasteiger partial charge in [-0.2, -0.15) is 11.1 Å². The summed E-state index contributed by atoms with van der Waals surface area (Å²) in [4.78, 5) is 0. The second kappa shape index (κ2) is 5.77. The monoisotopic (exact) mass is 228 g/mol. The Morgan fingerprint density at radius 3 is 2.00 bits per heavy atom. The SMILES string of the molecule is C=CC[Si](Cl)(CC=C)C1CCCCC1. The fraction of sp³-hybridized carbons (Fsp3) is 0.667. The average molecular weight is 229 g/mol. The molecule has 0 N–H and O–H groups in total. The third-order valence-electron chi connectivity index (χ3n) is 3.30. The van der Waals surface area contributed by atoms with Crippen LogP contribution in [0.5, 0.6) is 0 Å². The normalized spacial score (nSPS) is 19.2. The lowest BCUT2D eigenvalue weighted by Gasteiger charge is -2.34. The van der Waals surface area contributed by atoms with Crippen molar-refractivity contribution in [2.75, 3.05) is 0 Å². The van der Waals surface area contributed by atoms with Gasteiger partial charge in [-0.3, -0.25) is 0 Å². The van der Waals surface area contributed by atoms with Crippen molar-refractivity contribution in [1.82, 2.24) is 0 Å². The first-order valence-electron chi connectivity index (χ1n) is 5.63. The molecule has 0 aliphatic heterocycles. The summed E-state index contributed by atoms with van der Waals surface area (Å²) in [5.41, 5.74) is 0.800. The molecule has 0 aromatic rings. The van der Waals surface area contributed by atoms with Gasteiger partial charge in [0.05, 0.1) is 0 Å². The van der Waals surface area contributed by atoms with E-state index in [1.807, 2.05) is 12.2 Å². The highest BCUT2D eigenvalue weighted by atomic mass is 35.6. The second-order valence-electron chi connectivity index (χ2n) is 4.36. The fourth-order valence-electron chi connectivity index (χ4n) is 2.52. The summed E-state index contributed by atoms with van der Waals surface area (Å²) in [5, 5.41) is 0. The molecule has 1 saturated carbocycles. The van der Waals surface area contributed by atoms with Gasteiger partial charge in [0.15, 0.2) is 7.38 Å². The lowest BCUT2D eigenvalue weighted by molar-refractivity contribution is 0.494. The first-order valence-corrected chi connectivity index (χ1v) is 9.14.